The Labute approximate surface area is 164 Å². The van der Waals surface area contributed by atoms with Crippen molar-refractivity contribution in [2.45, 2.75) is 19.8 Å². The van der Waals surface area contributed by atoms with Crippen LogP contribution >= 0.6 is 0 Å². The van der Waals surface area contributed by atoms with Crippen molar-refractivity contribution in [3.8, 4) is 5.69 Å². The van der Waals surface area contributed by atoms with Crippen LogP contribution in [-0.2, 0) is 0 Å². The first-order valence-electron chi connectivity index (χ1n) is 9.52. The van der Waals surface area contributed by atoms with Crippen molar-refractivity contribution in [1.29, 1.82) is 0 Å². The molecule has 1 saturated heterocycles. The maximum Gasteiger partial charge on any atom is 0.271 e. The molecule has 0 atom stereocenters. The molecular weight excluding hydrogens is 350 g/mol. The number of nitrogens with zero attached hydrogens (tertiary/aromatic N) is 4. The van der Waals surface area contributed by atoms with Crippen molar-refractivity contribution in [2.75, 3.05) is 18.0 Å². The lowest BCUT2D eigenvalue weighted by molar-refractivity contribution is 0.0955. The van der Waals surface area contributed by atoms with E-state index >= 15 is 0 Å². The zero-order chi connectivity index (χ0) is 19.3. The second-order valence-electron chi connectivity index (χ2n) is 6.83. The zero-order valence-electron chi connectivity index (χ0n) is 15.9. The summed E-state index contributed by atoms with van der Waals surface area (Å²) in [5, 5.41) is 8.97. The number of amides is 1. The summed E-state index contributed by atoms with van der Waals surface area (Å²) in [7, 11) is 0. The topological polar surface area (TPSA) is 62.5 Å². The molecule has 2 aromatic carbocycles. The van der Waals surface area contributed by atoms with Crippen molar-refractivity contribution in [2.24, 2.45) is 5.10 Å². The third kappa shape index (κ3) is 3.67. The highest BCUT2D eigenvalue weighted by Crippen LogP contribution is 2.28. The quantitative estimate of drug-likeness (QED) is 0.550. The molecule has 0 radical (unpaired) electrons. The van der Waals surface area contributed by atoms with Gasteiger partial charge in [0.25, 0.3) is 5.91 Å². The molecule has 0 bridgehead atoms. The van der Waals surface area contributed by atoms with Gasteiger partial charge in [-0.2, -0.15) is 10.2 Å². The van der Waals surface area contributed by atoms with Crippen LogP contribution in [0.3, 0.4) is 0 Å². The molecule has 142 valence electrons. The first-order valence-corrected chi connectivity index (χ1v) is 9.52. The summed E-state index contributed by atoms with van der Waals surface area (Å²) < 4.78 is 1.97. The molecule has 0 spiro atoms. The normalized spacial score (nSPS) is 14.0. The van der Waals surface area contributed by atoms with Gasteiger partial charge < -0.3 is 4.90 Å². The van der Waals surface area contributed by atoms with Gasteiger partial charge in [-0.25, -0.2) is 10.1 Å². The molecule has 0 unspecified atom stereocenters. The van der Waals surface area contributed by atoms with E-state index in [4.69, 9.17) is 5.10 Å². The number of hydrogen-bond acceptors (Lipinski definition) is 4. The minimum absolute atomic E-state index is 0.229. The molecule has 2 heterocycles. The lowest BCUT2D eigenvalue weighted by Gasteiger charge is -2.20. The fourth-order valence-electron chi connectivity index (χ4n) is 3.47. The van der Waals surface area contributed by atoms with E-state index in [0.717, 1.165) is 35.9 Å². The molecule has 3 aromatic rings. The molecular formula is C22H23N5O. The highest BCUT2D eigenvalue weighted by atomic mass is 16.2. The SMILES string of the molecule is Cc1nn(-c2ccccc2)c(N2CCCC2)c1/C=N/NC(=O)c1ccccc1. The Hall–Kier alpha value is -3.41. The van der Waals surface area contributed by atoms with Gasteiger partial charge in [0.2, 0.25) is 0 Å². The zero-order valence-corrected chi connectivity index (χ0v) is 15.9. The fourth-order valence-corrected chi connectivity index (χ4v) is 3.47. The monoisotopic (exact) mass is 373 g/mol. The smallest absolute Gasteiger partial charge is 0.271 e. The van der Waals surface area contributed by atoms with E-state index in [-0.39, 0.29) is 5.91 Å². The summed E-state index contributed by atoms with van der Waals surface area (Å²) in [6.45, 7) is 3.96. The highest BCUT2D eigenvalue weighted by Gasteiger charge is 2.23. The first-order chi connectivity index (χ1) is 13.7. The van der Waals surface area contributed by atoms with Crippen LogP contribution in [0, 0.1) is 6.92 Å². The molecule has 6 nitrogen and oxygen atoms in total. The Morgan fingerprint density at radius 1 is 1.04 bits per heavy atom. The van der Waals surface area contributed by atoms with Gasteiger partial charge in [0.15, 0.2) is 0 Å². The average Bonchev–Trinajstić information content (AvgIpc) is 3.37. The van der Waals surface area contributed by atoms with Crippen LogP contribution in [0.15, 0.2) is 65.8 Å². The Morgan fingerprint density at radius 2 is 1.68 bits per heavy atom. The van der Waals surface area contributed by atoms with Crippen molar-refractivity contribution >= 4 is 17.9 Å². The number of anilines is 1. The summed E-state index contributed by atoms with van der Waals surface area (Å²) in [5.41, 5.74) is 6.02. The van der Waals surface area contributed by atoms with E-state index in [2.05, 4.69) is 15.4 Å². The number of aryl methyl sites for hydroxylation is 1. The molecule has 1 aliphatic rings. The van der Waals surface area contributed by atoms with E-state index in [1.807, 2.05) is 60.1 Å². The highest BCUT2D eigenvalue weighted by molar-refractivity contribution is 5.95. The molecule has 4 rings (SSSR count). The Balaban J connectivity index is 1.64. The van der Waals surface area contributed by atoms with E-state index in [1.165, 1.54) is 12.8 Å². The fraction of sp³-hybridized carbons (Fsp3) is 0.227. The number of hydrazone groups is 1. The summed E-state index contributed by atoms with van der Waals surface area (Å²) >= 11 is 0. The number of rotatable bonds is 5. The van der Waals surface area contributed by atoms with Crippen molar-refractivity contribution in [1.82, 2.24) is 15.2 Å². The van der Waals surface area contributed by atoms with Crippen LogP contribution in [0.25, 0.3) is 5.69 Å². The van der Waals surface area contributed by atoms with E-state index in [0.29, 0.717) is 5.56 Å². The van der Waals surface area contributed by atoms with Gasteiger partial charge in [0.05, 0.1) is 23.2 Å². The minimum atomic E-state index is -0.229. The van der Waals surface area contributed by atoms with Gasteiger partial charge >= 0.3 is 0 Å². The average molecular weight is 373 g/mol. The van der Waals surface area contributed by atoms with Crippen molar-refractivity contribution in [3.63, 3.8) is 0 Å². The maximum atomic E-state index is 12.2. The Bertz CT molecular complexity index is 973. The second kappa shape index (κ2) is 8.08. The van der Waals surface area contributed by atoms with Gasteiger partial charge in [0.1, 0.15) is 5.82 Å². The number of para-hydroxylation sites is 1. The minimum Gasteiger partial charge on any atom is -0.356 e. The number of carbonyl (C=O) groups excluding carboxylic acids is 1. The molecule has 6 heteroatoms. The van der Waals surface area contributed by atoms with E-state index < -0.39 is 0 Å². The van der Waals surface area contributed by atoms with Gasteiger partial charge in [-0.15, -0.1) is 0 Å². The number of aromatic nitrogens is 2. The van der Waals surface area contributed by atoms with Crippen LogP contribution in [0.2, 0.25) is 0 Å². The van der Waals surface area contributed by atoms with Gasteiger partial charge in [-0.1, -0.05) is 36.4 Å². The van der Waals surface area contributed by atoms with Crippen LogP contribution in [0.1, 0.15) is 34.5 Å². The molecule has 1 aliphatic heterocycles. The van der Waals surface area contributed by atoms with Crippen LogP contribution in [-0.4, -0.2) is 35.0 Å². The molecule has 28 heavy (non-hydrogen) atoms. The van der Waals surface area contributed by atoms with Crippen LogP contribution < -0.4 is 10.3 Å². The van der Waals surface area contributed by atoms with Gasteiger partial charge in [0, 0.05) is 18.7 Å². The largest absolute Gasteiger partial charge is 0.356 e. The third-order valence-electron chi connectivity index (χ3n) is 4.88. The molecule has 1 N–H and O–H groups in total. The predicted octanol–water partition coefficient (Wildman–Crippen LogP) is 3.54. The van der Waals surface area contributed by atoms with Crippen molar-refractivity contribution < 1.29 is 4.79 Å². The first kappa shape index (κ1) is 18.0. The van der Waals surface area contributed by atoms with E-state index in [1.54, 1.807) is 18.3 Å². The molecule has 0 saturated carbocycles. The van der Waals surface area contributed by atoms with Crippen molar-refractivity contribution in [3.05, 3.63) is 77.5 Å². The van der Waals surface area contributed by atoms with Crippen LogP contribution in [0.5, 0.6) is 0 Å². The maximum absolute atomic E-state index is 12.2. The molecule has 1 amide bonds. The Morgan fingerprint density at radius 3 is 2.36 bits per heavy atom. The lowest BCUT2D eigenvalue weighted by atomic mass is 10.2. The van der Waals surface area contributed by atoms with E-state index in [9.17, 15) is 4.79 Å². The van der Waals surface area contributed by atoms with Gasteiger partial charge in [-0.3, -0.25) is 4.79 Å². The predicted molar refractivity (Wildman–Crippen MR) is 111 cm³/mol. The summed E-state index contributed by atoms with van der Waals surface area (Å²) in [5.74, 6) is 0.798. The summed E-state index contributed by atoms with van der Waals surface area (Å²) in [6.07, 6.45) is 4.04. The molecule has 1 aromatic heterocycles. The number of benzene rings is 2. The standard InChI is InChI=1S/C22H23N5O/c1-17-20(16-23-24-21(28)18-10-4-2-5-11-18)22(26-14-8-9-15-26)27(25-17)19-12-6-3-7-13-19/h2-7,10-13,16H,8-9,14-15H2,1H3,(H,24,28)/b23-16+. The summed E-state index contributed by atoms with van der Waals surface area (Å²) in [4.78, 5) is 14.6. The Kier molecular flexibility index (Phi) is 5.19. The van der Waals surface area contributed by atoms with Crippen LogP contribution in [0.4, 0.5) is 5.82 Å². The molecule has 0 aliphatic carbocycles. The summed E-state index contributed by atoms with van der Waals surface area (Å²) in [6, 6.07) is 19.2. The lowest BCUT2D eigenvalue weighted by Crippen LogP contribution is -2.23. The molecule has 1 fully saturated rings. The van der Waals surface area contributed by atoms with Gasteiger partial charge in [-0.05, 0) is 44.0 Å². The number of nitrogens with one attached hydrogen (secondary N) is 1. The number of carbonyl (C=O) groups is 1. The third-order valence-corrected chi connectivity index (χ3v) is 4.88. The number of hydrogen-bond donors (Lipinski definition) is 1. The second-order valence-corrected chi connectivity index (χ2v) is 6.83.